The van der Waals surface area contributed by atoms with Crippen LogP contribution in [-0.2, 0) is 6.42 Å². The second-order valence-electron chi connectivity index (χ2n) is 5.20. The zero-order chi connectivity index (χ0) is 17.0. The Morgan fingerprint density at radius 2 is 2.17 bits per heavy atom. The fourth-order valence-corrected chi connectivity index (χ4v) is 2.83. The number of carbonyl (C=O) groups is 1. The van der Waals surface area contributed by atoms with E-state index < -0.39 is 10.8 Å². The fourth-order valence-electron chi connectivity index (χ4n) is 1.88. The van der Waals surface area contributed by atoms with E-state index in [9.17, 15) is 14.9 Å². The number of benzene rings is 1. The standard InChI is InChI=1S/C14H16N4O4S/c1-8(2)6-12-16-17-14(23-12)15-13(19)9-4-5-11(22-3)10(7-9)18(20)21/h4-5,7-8H,6H2,1-3H3,(H,15,17,19). The highest BCUT2D eigenvalue weighted by atomic mass is 32.1. The Morgan fingerprint density at radius 3 is 2.78 bits per heavy atom. The van der Waals surface area contributed by atoms with E-state index in [4.69, 9.17) is 4.74 Å². The van der Waals surface area contributed by atoms with Crippen molar-refractivity contribution < 1.29 is 14.5 Å². The van der Waals surface area contributed by atoms with Crippen molar-refractivity contribution in [3.8, 4) is 5.75 Å². The Labute approximate surface area is 136 Å². The Morgan fingerprint density at radius 1 is 1.43 bits per heavy atom. The van der Waals surface area contributed by atoms with Crippen LogP contribution < -0.4 is 10.1 Å². The van der Waals surface area contributed by atoms with Crippen LogP contribution in [0.3, 0.4) is 0 Å². The molecule has 2 aromatic rings. The average Bonchev–Trinajstić information content (AvgIpc) is 2.92. The maximum atomic E-state index is 12.2. The molecule has 0 unspecified atom stereocenters. The molecule has 0 saturated heterocycles. The van der Waals surface area contributed by atoms with E-state index in [1.54, 1.807) is 0 Å². The van der Waals surface area contributed by atoms with Gasteiger partial charge in [0, 0.05) is 18.1 Å². The summed E-state index contributed by atoms with van der Waals surface area (Å²) >= 11 is 1.29. The van der Waals surface area contributed by atoms with E-state index in [1.807, 2.05) is 0 Å². The number of nitrogens with zero attached hydrogens (tertiary/aromatic N) is 3. The van der Waals surface area contributed by atoms with Gasteiger partial charge in [-0.25, -0.2) is 0 Å². The van der Waals surface area contributed by atoms with E-state index in [0.717, 1.165) is 11.4 Å². The van der Waals surface area contributed by atoms with E-state index in [0.29, 0.717) is 11.0 Å². The van der Waals surface area contributed by atoms with Gasteiger partial charge >= 0.3 is 5.69 Å². The number of methoxy groups -OCH3 is 1. The van der Waals surface area contributed by atoms with Crippen LogP contribution in [-0.4, -0.2) is 28.1 Å². The van der Waals surface area contributed by atoms with Crippen LogP contribution in [0.5, 0.6) is 5.75 Å². The molecule has 8 nitrogen and oxygen atoms in total. The van der Waals surface area contributed by atoms with Gasteiger partial charge in [0.25, 0.3) is 5.91 Å². The molecule has 0 aliphatic rings. The molecular formula is C14H16N4O4S. The number of nitro benzene ring substituents is 1. The molecule has 0 bridgehead atoms. The maximum absolute atomic E-state index is 12.2. The number of hydrogen-bond acceptors (Lipinski definition) is 7. The molecule has 1 aromatic carbocycles. The number of rotatable bonds is 6. The minimum Gasteiger partial charge on any atom is -0.490 e. The number of nitro groups is 1. The molecule has 0 atom stereocenters. The normalized spacial score (nSPS) is 10.6. The average molecular weight is 336 g/mol. The molecule has 1 heterocycles. The van der Waals surface area contributed by atoms with Gasteiger partial charge in [-0.15, -0.1) is 10.2 Å². The van der Waals surface area contributed by atoms with Crippen LogP contribution in [0, 0.1) is 16.0 Å². The molecule has 9 heteroatoms. The van der Waals surface area contributed by atoms with Crippen LogP contribution >= 0.6 is 11.3 Å². The number of carbonyl (C=O) groups excluding carboxylic acids is 1. The van der Waals surface area contributed by atoms with Gasteiger partial charge in [-0.3, -0.25) is 20.2 Å². The zero-order valence-electron chi connectivity index (χ0n) is 12.9. The van der Waals surface area contributed by atoms with Gasteiger partial charge < -0.3 is 4.74 Å². The van der Waals surface area contributed by atoms with Crippen molar-refractivity contribution in [2.24, 2.45) is 5.92 Å². The van der Waals surface area contributed by atoms with Crippen LogP contribution in [0.15, 0.2) is 18.2 Å². The third-order valence-corrected chi connectivity index (χ3v) is 3.77. The number of aromatic nitrogens is 2. The van der Waals surface area contributed by atoms with Crippen molar-refractivity contribution in [3.05, 3.63) is 38.9 Å². The quantitative estimate of drug-likeness (QED) is 0.642. The smallest absolute Gasteiger partial charge is 0.311 e. The summed E-state index contributed by atoms with van der Waals surface area (Å²) in [7, 11) is 1.33. The molecule has 122 valence electrons. The zero-order valence-corrected chi connectivity index (χ0v) is 13.7. The highest BCUT2D eigenvalue weighted by Gasteiger charge is 2.19. The molecule has 1 aromatic heterocycles. The van der Waals surface area contributed by atoms with Gasteiger partial charge in [0.2, 0.25) is 5.13 Å². The number of ether oxygens (including phenoxy) is 1. The van der Waals surface area contributed by atoms with E-state index in [2.05, 4.69) is 29.4 Å². The van der Waals surface area contributed by atoms with Gasteiger partial charge in [-0.2, -0.15) is 0 Å². The summed E-state index contributed by atoms with van der Waals surface area (Å²) in [6.45, 7) is 4.13. The van der Waals surface area contributed by atoms with Gasteiger partial charge in [-0.1, -0.05) is 25.2 Å². The summed E-state index contributed by atoms with van der Waals surface area (Å²) in [6.07, 6.45) is 0.779. The Hall–Kier alpha value is -2.55. The topological polar surface area (TPSA) is 107 Å². The monoisotopic (exact) mass is 336 g/mol. The SMILES string of the molecule is COc1ccc(C(=O)Nc2nnc(CC(C)C)s2)cc1[N+](=O)[O-]. The molecule has 0 saturated carbocycles. The summed E-state index contributed by atoms with van der Waals surface area (Å²) in [4.78, 5) is 22.6. The first-order valence-electron chi connectivity index (χ1n) is 6.87. The maximum Gasteiger partial charge on any atom is 0.311 e. The van der Waals surface area contributed by atoms with Gasteiger partial charge in [0.1, 0.15) is 5.01 Å². The summed E-state index contributed by atoms with van der Waals surface area (Å²) in [5, 5.41) is 22.7. The van der Waals surface area contributed by atoms with Crippen molar-refractivity contribution >= 4 is 28.1 Å². The molecule has 0 aliphatic carbocycles. The van der Waals surface area contributed by atoms with E-state index >= 15 is 0 Å². The number of amides is 1. The summed E-state index contributed by atoms with van der Waals surface area (Å²) in [5.41, 5.74) is -0.115. The molecule has 1 N–H and O–H groups in total. The van der Waals surface area contributed by atoms with Crippen LogP contribution in [0.1, 0.15) is 29.2 Å². The Balaban J connectivity index is 2.16. The lowest BCUT2D eigenvalue weighted by Crippen LogP contribution is -2.12. The molecule has 0 aliphatic heterocycles. The van der Waals surface area contributed by atoms with Crippen molar-refractivity contribution in [3.63, 3.8) is 0 Å². The first-order chi connectivity index (χ1) is 10.9. The van der Waals surface area contributed by atoms with E-state index in [1.165, 1.54) is 36.6 Å². The van der Waals surface area contributed by atoms with Gasteiger partial charge in [-0.05, 0) is 18.1 Å². The third-order valence-electron chi connectivity index (χ3n) is 2.91. The lowest BCUT2D eigenvalue weighted by molar-refractivity contribution is -0.385. The Bertz CT molecular complexity index is 729. The predicted octanol–water partition coefficient (Wildman–Crippen LogP) is 2.91. The fraction of sp³-hybridized carbons (Fsp3) is 0.357. The van der Waals surface area contributed by atoms with Crippen molar-refractivity contribution in [2.75, 3.05) is 12.4 Å². The highest BCUT2D eigenvalue weighted by molar-refractivity contribution is 7.15. The number of hydrogen-bond donors (Lipinski definition) is 1. The minimum absolute atomic E-state index is 0.0988. The van der Waals surface area contributed by atoms with Crippen LogP contribution in [0.4, 0.5) is 10.8 Å². The summed E-state index contributed by atoms with van der Waals surface area (Å²) in [5.74, 6) is 0.0559. The van der Waals surface area contributed by atoms with Crippen molar-refractivity contribution in [1.82, 2.24) is 10.2 Å². The van der Waals surface area contributed by atoms with Crippen LogP contribution in [0.25, 0.3) is 0 Å². The molecule has 0 fully saturated rings. The third kappa shape index (κ3) is 4.22. The lowest BCUT2D eigenvalue weighted by Gasteiger charge is -2.04. The summed E-state index contributed by atoms with van der Waals surface area (Å²) < 4.78 is 4.91. The van der Waals surface area contributed by atoms with Gasteiger partial charge in [0.15, 0.2) is 5.75 Å². The molecule has 2 rings (SSSR count). The van der Waals surface area contributed by atoms with Crippen molar-refractivity contribution in [2.45, 2.75) is 20.3 Å². The molecular weight excluding hydrogens is 320 g/mol. The predicted molar refractivity (Wildman–Crippen MR) is 86.1 cm³/mol. The first kappa shape index (κ1) is 16.8. The first-order valence-corrected chi connectivity index (χ1v) is 7.68. The molecule has 0 spiro atoms. The van der Waals surface area contributed by atoms with Gasteiger partial charge in [0.05, 0.1) is 12.0 Å². The summed E-state index contributed by atoms with van der Waals surface area (Å²) in [6, 6.07) is 4.01. The molecule has 0 radical (unpaired) electrons. The second-order valence-corrected chi connectivity index (χ2v) is 6.26. The molecule has 1 amide bonds. The molecule has 23 heavy (non-hydrogen) atoms. The Kier molecular flexibility index (Phi) is 5.22. The minimum atomic E-state index is -0.596. The second kappa shape index (κ2) is 7.14. The van der Waals surface area contributed by atoms with Crippen LogP contribution in [0.2, 0.25) is 0 Å². The van der Waals surface area contributed by atoms with E-state index in [-0.39, 0.29) is 17.0 Å². The lowest BCUT2D eigenvalue weighted by atomic mass is 10.1. The van der Waals surface area contributed by atoms with Crippen molar-refractivity contribution in [1.29, 1.82) is 0 Å². The highest BCUT2D eigenvalue weighted by Crippen LogP contribution is 2.28. The number of anilines is 1. The number of nitrogens with one attached hydrogen (secondary N) is 1. The largest absolute Gasteiger partial charge is 0.490 e.